The Morgan fingerprint density at radius 1 is 1.32 bits per heavy atom. The van der Waals surface area contributed by atoms with Crippen molar-refractivity contribution in [1.82, 2.24) is 10.6 Å². The van der Waals surface area contributed by atoms with Crippen LogP contribution in [0.4, 0.5) is 10.5 Å². The first kappa shape index (κ1) is 16.3. The number of carbonyl (C=O) groups is 2. The number of benzene rings is 1. The van der Waals surface area contributed by atoms with Crippen molar-refractivity contribution in [2.45, 2.75) is 26.3 Å². The van der Waals surface area contributed by atoms with Gasteiger partial charge < -0.3 is 20.3 Å². The molecular formula is C16H23N3O3. The molecule has 1 aromatic rings. The van der Waals surface area contributed by atoms with Crippen molar-refractivity contribution in [2.75, 3.05) is 31.7 Å². The molecule has 0 aliphatic carbocycles. The van der Waals surface area contributed by atoms with Crippen LogP contribution >= 0.6 is 0 Å². The van der Waals surface area contributed by atoms with E-state index in [-0.39, 0.29) is 11.9 Å². The van der Waals surface area contributed by atoms with Crippen LogP contribution in [0.5, 0.6) is 0 Å². The van der Waals surface area contributed by atoms with Gasteiger partial charge in [0.1, 0.15) is 0 Å². The Morgan fingerprint density at radius 3 is 2.86 bits per heavy atom. The molecule has 1 aromatic carbocycles. The molecule has 0 aromatic heterocycles. The number of hydrogen-bond acceptors (Lipinski definition) is 3. The summed E-state index contributed by atoms with van der Waals surface area (Å²) in [5.74, 6) is 0.155. The molecule has 1 aliphatic rings. The molecule has 2 N–H and O–H groups in total. The van der Waals surface area contributed by atoms with Gasteiger partial charge in [0, 0.05) is 38.9 Å². The fourth-order valence-electron chi connectivity index (χ4n) is 2.53. The number of methoxy groups -OCH3 is 1. The quantitative estimate of drug-likeness (QED) is 0.781. The molecule has 0 fully saturated rings. The van der Waals surface area contributed by atoms with Crippen LogP contribution in [0.2, 0.25) is 0 Å². The molecule has 6 heteroatoms. The normalized spacial score (nSPS) is 12.9. The predicted molar refractivity (Wildman–Crippen MR) is 84.9 cm³/mol. The Hall–Kier alpha value is -2.08. The Morgan fingerprint density at radius 2 is 2.14 bits per heavy atom. The van der Waals surface area contributed by atoms with Crippen LogP contribution in [-0.2, 0) is 22.5 Å². The van der Waals surface area contributed by atoms with E-state index in [1.165, 1.54) is 5.56 Å². The highest BCUT2D eigenvalue weighted by Crippen LogP contribution is 2.29. The number of urea groups is 1. The molecule has 120 valence electrons. The summed E-state index contributed by atoms with van der Waals surface area (Å²) in [5.41, 5.74) is 3.20. The van der Waals surface area contributed by atoms with Crippen LogP contribution in [0, 0.1) is 0 Å². The molecule has 0 bridgehead atoms. The molecule has 1 aliphatic heterocycles. The number of carbonyl (C=O) groups excluding carboxylic acids is 2. The molecule has 0 saturated carbocycles. The van der Waals surface area contributed by atoms with E-state index < -0.39 is 0 Å². The lowest BCUT2D eigenvalue weighted by atomic mass is 10.1. The molecule has 1 heterocycles. The smallest absolute Gasteiger partial charge is 0.315 e. The van der Waals surface area contributed by atoms with Gasteiger partial charge in [0.05, 0.1) is 6.61 Å². The summed E-state index contributed by atoms with van der Waals surface area (Å²) in [6.07, 6.45) is 1.39. The summed E-state index contributed by atoms with van der Waals surface area (Å²) < 4.78 is 4.87. The first-order valence-electron chi connectivity index (χ1n) is 7.58. The van der Waals surface area contributed by atoms with Gasteiger partial charge in [-0.3, -0.25) is 4.79 Å². The van der Waals surface area contributed by atoms with Crippen molar-refractivity contribution >= 4 is 17.6 Å². The highest BCUT2D eigenvalue weighted by atomic mass is 16.5. The zero-order valence-corrected chi connectivity index (χ0v) is 13.1. The number of ether oxygens (including phenoxy) is 1. The fraction of sp³-hybridized carbons (Fsp3) is 0.500. The van der Waals surface area contributed by atoms with Crippen LogP contribution in [0.3, 0.4) is 0 Å². The van der Waals surface area contributed by atoms with Gasteiger partial charge >= 0.3 is 6.03 Å². The van der Waals surface area contributed by atoms with Crippen molar-refractivity contribution < 1.29 is 14.3 Å². The van der Waals surface area contributed by atoms with Crippen molar-refractivity contribution in [3.05, 3.63) is 29.3 Å². The van der Waals surface area contributed by atoms with Crippen LogP contribution in [-0.4, -0.2) is 38.7 Å². The van der Waals surface area contributed by atoms with Crippen molar-refractivity contribution in [2.24, 2.45) is 0 Å². The van der Waals surface area contributed by atoms with E-state index in [2.05, 4.69) is 16.7 Å². The summed E-state index contributed by atoms with van der Waals surface area (Å²) in [6, 6.07) is 5.78. The van der Waals surface area contributed by atoms with Crippen LogP contribution in [0.1, 0.15) is 24.5 Å². The average molecular weight is 305 g/mol. The van der Waals surface area contributed by atoms with E-state index >= 15 is 0 Å². The van der Waals surface area contributed by atoms with Gasteiger partial charge in [-0.2, -0.15) is 0 Å². The van der Waals surface area contributed by atoms with E-state index in [0.29, 0.717) is 26.1 Å². The maximum absolute atomic E-state index is 11.9. The zero-order valence-electron chi connectivity index (χ0n) is 13.1. The van der Waals surface area contributed by atoms with E-state index in [0.717, 1.165) is 24.2 Å². The topological polar surface area (TPSA) is 70.7 Å². The minimum absolute atomic E-state index is 0.155. The minimum Gasteiger partial charge on any atom is -0.383 e. The Bertz CT molecular complexity index is 545. The monoisotopic (exact) mass is 305 g/mol. The molecular weight excluding hydrogens is 282 g/mol. The Labute approximate surface area is 130 Å². The molecule has 0 radical (unpaired) electrons. The molecule has 2 rings (SSSR count). The maximum Gasteiger partial charge on any atom is 0.315 e. The van der Waals surface area contributed by atoms with Gasteiger partial charge in [0.25, 0.3) is 0 Å². The molecule has 0 saturated heterocycles. The van der Waals surface area contributed by atoms with Crippen molar-refractivity contribution in [3.8, 4) is 0 Å². The lowest BCUT2D eigenvalue weighted by Crippen LogP contribution is -2.36. The number of anilines is 1. The van der Waals surface area contributed by atoms with Gasteiger partial charge in [-0.1, -0.05) is 19.1 Å². The third-order valence-corrected chi connectivity index (χ3v) is 3.69. The second-order valence-corrected chi connectivity index (χ2v) is 5.21. The average Bonchev–Trinajstić information content (AvgIpc) is 2.95. The lowest BCUT2D eigenvalue weighted by molar-refractivity contribution is -0.118. The van der Waals surface area contributed by atoms with E-state index in [9.17, 15) is 9.59 Å². The Balaban J connectivity index is 1.90. The van der Waals surface area contributed by atoms with Crippen molar-refractivity contribution in [1.29, 1.82) is 0 Å². The number of hydrogen-bond donors (Lipinski definition) is 2. The maximum atomic E-state index is 11.9. The summed E-state index contributed by atoms with van der Waals surface area (Å²) >= 11 is 0. The summed E-state index contributed by atoms with van der Waals surface area (Å²) in [5, 5.41) is 5.52. The third-order valence-electron chi connectivity index (χ3n) is 3.69. The summed E-state index contributed by atoms with van der Waals surface area (Å²) in [6.45, 7) is 4.07. The largest absolute Gasteiger partial charge is 0.383 e. The van der Waals surface area contributed by atoms with E-state index in [1.807, 2.05) is 24.0 Å². The summed E-state index contributed by atoms with van der Waals surface area (Å²) in [7, 11) is 1.59. The number of nitrogens with one attached hydrogen (secondary N) is 2. The van der Waals surface area contributed by atoms with Gasteiger partial charge in [-0.25, -0.2) is 4.79 Å². The molecule has 0 spiro atoms. The second kappa shape index (κ2) is 7.79. The van der Waals surface area contributed by atoms with E-state index in [1.54, 1.807) is 7.11 Å². The van der Waals surface area contributed by atoms with Gasteiger partial charge in [0.2, 0.25) is 5.91 Å². The second-order valence-electron chi connectivity index (χ2n) is 5.21. The minimum atomic E-state index is -0.208. The predicted octanol–water partition coefficient (Wildman–Crippen LogP) is 1.43. The fourth-order valence-corrected chi connectivity index (χ4v) is 2.53. The lowest BCUT2D eigenvalue weighted by Gasteiger charge is -2.16. The molecule has 0 atom stereocenters. The molecule has 22 heavy (non-hydrogen) atoms. The molecule has 0 unspecified atom stereocenters. The first-order chi connectivity index (χ1) is 10.7. The highest BCUT2D eigenvalue weighted by Gasteiger charge is 2.23. The number of rotatable bonds is 6. The number of amides is 3. The first-order valence-corrected chi connectivity index (χ1v) is 7.58. The number of fused-ring (bicyclic) bond motifs is 1. The standard InChI is InChI=1S/C16H23N3O3/c1-3-15(20)19-8-6-13-10-12(4-5-14(13)19)11-18-16(21)17-7-9-22-2/h4-5,10H,3,6-9,11H2,1-2H3,(H2,17,18,21). The van der Waals surface area contributed by atoms with Gasteiger partial charge in [-0.15, -0.1) is 0 Å². The van der Waals surface area contributed by atoms with Crippen LogP contribution in [0.15, 0.2) is 18.2 Å². The summed E-state index contributed by atoms with van der Waals surface area (Å²) in [4.78, 5) is 25.3. The SMILES string of the molecule is CCC(=O)N1CCc2cc(CNC(=O)NCCOC)ccc21. The van der Waals surface area contributed by atoms with Gasteiger partial charge in [0.15, 0.2) is 0 Å². The Kier molecular flexibility index (Phi) is 5.77. The molecule has 3 amide bonds. The van der Waals surface area contributed by atoms with Crippen molar-refractivity contribution in [3.63, 3.8) is 0 Å². The van der Waals surface area contributed by atoms with Gasteiger partial charge in [-0.05, 0) is 23.6 Å². The zero-order chi connectivity index (χ0) is 15.9. The van der Waals surface area contributed by atoms with E-state index in [4.69, 9.17) is 4.74 Å². The van der Waals surface area contributed by atoms with Crippen LogP contribution in [0.25, 0.3) is 0 Å². The van der Waals surface area contributed by atoms with Crippen LogP contribution < -0.4 is 15.5 Å². The number of nitrogens with zero attached hydrogens (tertiary/aromatic N) is 1. The highest BCUT2D eigenvalue weighted by molar-refractivity contribution is 5.95. The molecule has 6 nitrogen and oxygen atoms in total. The third kappa shape index (κ3) is 3.98.